The third-order valence-electron chi connectivity index (χ3n) is 21.1. The van der Waals surface area contributed by atoms with Gasteiger partial charge in [0.1, 0.15) is 57.5 Å². The highest BCUT2D eigenvalue weighted by Gasteiger charge is 2.24. The first-order valence-corrected chi connectivity index (χ1v) is 41.4. The van der Waals surface area contributed by atoms with E-state index in [1.165, 1.54) is 35.8 Å². The number of hydrogen-bond acceptors (Lipinski definition) is 18. The fourth-order valence-electron chi connectivity index (χ4n) is 14.7. The Labute approximate surface area is 737 Å². The van der Waals surface area contributed by atoms with Crippen LogP contribution in [0.4, 0.5) is 41.4 Å². The topological polar surface area (TPSA) is 269 Å². The number of aromatic nitrogens is 10. The van der Waals surface area contributed by atoms with E-state index < -0.39 is 5.82 Å². The van der Waals surface area contributed by atoms with E-state index >= 15 is 0 Å². The highest BCUT2D eigenvalue weighted by molar-refractivity contribution is 7.21. The van der Waals surface area contributed by atoms with Gasteiger partial charge in [-0.15, -0.1) is 0 Å². The number of aryl methyl sites for hydroxylation is 3. The van der Waals surface area contributed by atoms with Gasteiger partial charge in [-0.2, -0.15) is 0 Å². The number of ether oxygens (including phenoxy) is 1. The predicted molar refractivity (Wildman–Crippen MR) is 506 cm³/mol. The largest absolute Gasteiger partial charge is 0.474 e. The van der Waals surface area contributed by atoms with Gasteiger partial charge in [0.2, 0.25) is 5.88 Å². The van der Waals surface area contributed by atoms with Crippen molar-refractivity contribution in [3.63, 3.8) is 0 Å². The zero-order valence-corrected chi connectivity index (χ0v) is 70.8. The zero-order valence-electron chi connectivity index (χ0n) is 67.7. The molecule has 11 heterocycles. The van der Waals surface area contributed by atoms with E-state index in [9.17, 15) is 13.2 Å². The Bertz CT molecular complexity index is 7150. The molecule has 0 amide bonds. The maximum atomic E-state index is 13.8. The van der Waals surface area contributed by atoms with Crippen LogP contribution >= 0.6 is 46.1 Å². The van der Waals surface area contributed by atoms with Crippen LogP contribution in [0, 0.1) is 43.6 Å². The Morgan fingerprint density at radius 3 is 1.29 bits per heavy atom. The zero-order chi connectivity index (χ0) is 86.9. The third kappa shape index (κ3) is 18.7. The van der Waals surface area contributed by atoms with Crippen LogP contribution in [0.2, 0.25) is 15.1 Å². The van der Waals surface area contributed by atoms with Gasteiger partial charge in [-0.1, -0.05) is 137 Å². The summed E-state index contributed by atoms with van der Waals surface area (Å²) >= 11 is 19.6. The van der Waals surface area contributed by atoms with Crippen molar-refractivity contribution < 1.29 is 17.9 Å². The number of nitrogens with zero attached hydrogens (tertiary/aromatic N) is 11. The first-order chi connectivity index (χ1) is 60.7. The molecule has 0 radical (unpaired) electrons. The smallest absolute Gasteiger partial charge is 0.238 e. The maximum absolute atomic E-state index is 13.8. The van der Waals surface area contributed by atoms with Crippen LogP contribution in [0.3, 0.4) is 0 Å². The molecule has 0 fully saturated rings. The first-order valence-electron chi connectivity index (χ1n) is 39.5. The number of rotatable bonds is 11. The summed E-state index contributed by atoms with van der Waals surface area (Å²) in [5.41, 5.74) is 46.7. The van der Waals surface area contributed by atoms with Gasteiger partial charge in [-0.05, 0) is 251 Å². The summed E-state index contributed by atoms with van der Waals surface area (Å²) < 4.78 is 46.7. The summed E-state index contributed by atoms with van der Waals surface area (Å²) in [4.78, 5) is 47.3. The Morgan fingerprint density at radius 2 is 0.816 bits per heavy atom. The minimum absolute atomic E-state index is 0.0704. The Morgan fingerprint density at radius 1 is 0.384 bits per heavy atom. The minimum Gasteiger partial charge on any atom is -0.474 e. The molecule has 24 heteroatoms. The number of nitrogen functional groups attached to an aromatic ring is 4. The van der Waals surface area contributed by atoms with E-state index in [4.69, 9.17) is 72.9 Å². The number of halogens is 6. The number of hydrogen-bond donors (Lipinski definition) is 5. The van der Waals surface area contributed by atoms with Crippen LogP contribution in [-0.4, -0.2) is 76.3 Å². The molecule has 1 aliphatic rings. The Kier molecular flexibility index (Phi) is 24.9. The number of thiazole rings is 1. The average Bonchev–Trinajstić information content (AvgIpc) is 1.48. The van der Waals surface area contributed by atoms with Crippen molar-refractivity contribution in [2.75, 3.05) is 48.0 Å². The van der Waals surface area contributed by atoms with Crippen LogP contribution < -0.4 is 32.6 Å². The molecule has 0 saturated carbocycles. The molecular formula is C101H76Cl3F3N16OS. The Balaban J connectivity index is 0.000000115. The van der Waals surface area contributed by atoms with Crippen molar-refractivity contribution >= 4 is 123 Å². The van der Waals surface area contributed by atoms with E-state index in [2.05, 4.69) is 80.1 Å². The molecule has 0 bridgehead atoms. The highest BCUT2D eigenvalue weighted by atomic mass is 35.5. The van der Waals surface area contributed by atoms with Crippen molar-refractivity contribution in [1.29, 1.82) is 5.41 Å². The third-order valence-corrected chi connectivity index (χ3v) is 22.7. The van der Waals surface area contributed by atoms with Gasteiger partial charge in [0.05, 0.1) is 45.7 Å². The summed E-state index contributed by atoms with van der Waals surface area (Å²) in [6, 6.07) is 81.7. The average molecular weight is 1730 g/mol. The van der Waals surface area contributed by atoms with Crippen LogP contribution in [0.1, 0.15) is 22.3 Å². The molecule has 9 N–H and O–H groups in total. The quantitative estimate of drug-likeness (QED) is 0.0753. The molecule has 614 valence electrons. The normalized spacial score (nSPS) is 11.4. The summed E-state index contributed by atoms with van der Waals surface area (Å²) in [7, 11) is 2.02. The van der Waals surface area contributed by atoms with Crippen molar-refractivity contribution in [1.82, 2.24) is 49.8 Å². The fourth-order valence-corrected chi connectivity index (χ4v) is 15.9. The van der Waals surface area contributed by atoms with Gasteiger partial charge in [-0.25, -0.2) is 43.1 Å². The van der Waals surface area contributed by atoms with E-state index in [1.807, 2.05) is 202 Å². The van der Waals surface area contributed by atoms with Gasteiger partial charge in [0, 0.05) is 138 Å². The lowest BCUT2D eigenvalue weighted by Gasteiger charge is -2.28. The van der Waals surface area contributed by atoms with Crippen LogP contribution in [0.5, 0.6) is 5.88 Å². The molecule has 9 aromatic carbocycles. The van der Waals surface area contributed by atoms with Gasteiger partial charge >= 0.3 is 0 Å². The first kappa shape index (κ1) is 83.8. The summed E-state index contributed by atoms with van der Waals surface area (Å²) in [5.74, 6) is 1.20. The lowest BCUT2D eigenvalue weighted by atomic mass is 9.95. The highest BCUT2D eigenvalue weighted by Crippen LogP contribution is 2.43. The number of pyridine rings is 9. The van der Waals surface area contributed by atoms with Crippen molar-refractivity contribution in [3.05, 3.63) is 359 Å². The van der Waals surface area contributed by atoms with Crippen LogP contribution in [0.15, 0.2) is 304 Å². The second-order valence-electron chi connectivity index (χ2n) is 29.3. The summed E-state index contributed by atoms with van der Waals surface area (Å²) in [6.07, 6.45) is 13.5. The van der Waals surface area contributed by atoms with Crippen LogP contribution in [0.25, 0.3) is 155 Å². The molecular weight excluding hydrogens is 1650 g/mol. The number of anilines is 5. The molecule has 10 aromatic heterocycles. The molecule has 0 spiro atoms. The van der Waals surface area contributed by atoms with Gasteiger partial charge < -0.3 is 38.0 Å². The maximum Gasteiger partial charge on any atom is 0.238 e. The molecule has 0 atom stereocenters. The minimum atomic E-state index is -0.451. The van der Waals surface area contributed by atoms with Gasteiger partial charge in [0.15, 0.2) is 5.13 Å². The monoisotopic (exact) mass is 1720 g/mol. The van der Waals surface area contributed by atoms with E-state index in [-0.39, 0.29) is 16.7 Å². The molecule has 0 saturated heterocycles. The lowest BCUT2D eigenvalue weighted by molar-refractivity contribution is 0.299. The SMILES string of the molecule is Cc1cc(-c2nc3c(cc2-c2ccc(C)c(C=N)c2)N(C)CCO3)ccc1F.Cc1cc(-c2ncccc2-c2ccc3ccnc(N)c3c2)ccc1F.Nc1nc2ccc(-c3cccnc3-c3cccc(Cl)c3)nc2s1.Nc1nccc2ccc(-c3cccnc3-c3ccc(F)c(Cl)c3)cc12.Nc1nccc2ccc(-c3cccnc3-c3cccc(Cl)c3)cc12. The number of benzene rings is 9. The molecule has 0 aliphatic carbocycles. The lowest BCUT2D eigenvalue weighted by Crippen LogP contribution is -2.29. The molecule has 19 aromatic rings. The second-order valence-corrected chi connectivity index (χ2v) is 31.6. The fraction of sp³-hybridized carbons (Fsp3) is 0.0594. The molecule has 20 rings (SSSR count). The molecule has 1 aliphatic heterocycles. The summed E-state index contributed by atoms with van der Waals surface area (Å²) in [6.45, 7) is 6.87. The number of nitrogens with two attached hydrogens (primary N) is 4. The van der Waals surface area contributed by atoms with E-state index in [0.29, 0.717) is 56.2 Å². The Hall–Kier alpha value is -14.9. The molecule has 125 heavy (non-hydrogen) atoms. The summed E-state index contributed by atoms with van der Waals surface area (Å²) in [5, 5.41) is 15.5. The van der Waals surface area contributed by atoms with Crippen molar-refractivity contribution in [2.24, 2.45) is 0 Å². The van der Waals surface area contributed by atoms with Crippen LogP contribution in [-0.2, 0) is 0 Å². The molecule has 0 unspecified atom stereocenters. The van der Waals surface area contributed by atoms with Gasteiger partial charge in [-0.3, -0.25) is 19.9 Å². The molecule has 17 nitrogen and oxygen atoms in total. The van der Waals surface area contributed by atoms with E-state index in [1.54, 1.807) is 81.5 Å². The van der Waals surface area contributed by atoms with Crippen molar-refractivity contribution in [2.45, 2.75) is 20.8 Å². The number of likely N-dealkylation sites (N-methyl/N-ethyl adjacent to an activating group) is 1. The van der Waals surface area contributed by atoms with Gasteiger partial charge in [0.25, 0.3) is 0 Å². The second kappa shape index (κ2) is 37.2. The predicted octanol–water partition coefficient (Wildman–Crippen LogP) is 25.2. The van der Waals surface area contributed by atoms with E-state index in [0.717, 1.165) is 178 Å². The van der Waals surface area contributed by atoms with Crippen molar-refractivity contribution in [3.8, 4) is 118 Å². The number of fused-ring (bicyclic) bond motifs is 5. The standard InChI is InChI=1S/C23H22FN3O.C21H16FN3.C20H13ClFN3.C20H14ClN3.C17H11ClN4S/c1-14-4-5-16(11-18(14)13-25)19-12-21-23(28-9-8-27(21)3)26-22(19)17-6-7-20(24)15(2)10-17;1-13-11-16(6-7-19(13)22)20-17(3-2-9-24-20)15-5-4-14-8-10-25-21(23)18(14)12-15;21-17-11-14(5-6-18(17)22)19-15(2-1-8-24-19)13-4-3-12-7-9-25-20(23)16(12)10-13;21-16-4-1-3-15(11-16)19-17(5-2-9-23-19)14-7-6-13-8-10-24-20(22)18(13)12-14;18-11-4-1-3-10(9-11)15-12(5-2-8-20-15)13-6-7-14-16(21-13)23-17(19)22-14/h4-7,10-13,25H,8-9H2,1-3H3;2-12H,1H3,(H2,23,25);1-11H,(H2,23,25);1-12H,(H2,22,24);1-9H,(H2,19,22). The number of nitrogens with one attached hydrogen (secondary N) is 1.